The van der Waals surface area contributed by atoms with Crippen LogP contribution in [0.25, 0.3) is 11.0 Å². The molecule has 0 saturated carbocycles. The van der Waals surface area contributed by atoms with Gasteiger partial charge in [0, 0.05) is 23.7 Å². The third kappa shape index (κ3) is 6.91. The highest BCUT2D eigenvalue weighted by atomic mass is 79.9. The molecule has 2 N–H and O–H groups in total. The van der Waals surface area contributed by atoms with Crippen molar-refractivity contribution >= 4 is 44.8 Å². The third-order valence-corrected chi connectivity index (χ3v) is 4.80. The van der Waals surface area contributed by atoms with E-state index >= 15 is 0 Å². The Kier molecular flexibility index (Phi) is 7.63. The van der Waals surface area contributed by atoms with Gasteiger partial charge in [-0.1, -0.05) is 0 Å². The van der Waals surface area contributed by atoms with E-state index in [1.807, 2.05) is 39.0 Å². The molecule has 0 aliphatic heterocycles. The Labute approximate surface area is 194 Å². The zero-order chi connectivity index (χ0) is 23.1. The van der Waals surface area contributed by atoms with Crippen LogP contribution in [-0.4, -0.2) is 40.7 Å². The fourth-order valence-electron chi connectivity index (χ4n) is 2.73. The lowest BCUT2D eigenvalue weighted by atomic mass is 10.2. The third-order valence-electron chi connectivity index (χ3n) is 4.15. The minimum Gasteiger partial charge on any atom is -0.492 e. The number of nitrogens with one attached hydrogen (secondary N) is 2. The van der Waals surface area contributed by atoms with Crippen LogP contribution in [0.1, 0.15) is 37.6 Å². The van der Waals surface area contributed by atoms with Gasteiger partial charge in [0.15, 0.2) is 5.65 Å². The maximum Gasteiger partial charge on any atom is 0.407 e. The number of hydrogen-bond donors (Lipinski definition) is 2. The van der Waals surface area contributed by atoms with Crippen molar-refractivity contribution in [3.8, 4) is 5.75 Å². The number of alkyl carbamates (subject to hydrolysis) is 1. The quantitative estimate of drug-likeness (QED) is 0.445. The van der Waals surface area contributed by atoms with E-state index in [2.05, 4.69) is 36.5 Å². The summed E-state index contributed by atoms with van der Waals surface area (Å²) in [5, 5.41) is 6.36. The lowest BCUT2D eigenvalue weighted by Crippen LogP contribution is -2.33. The zero-order valence-corrected chi connectivity index (χ0v) is 19.7. The summed E-state index contributed by atoms with van der Waals surface area (Å²) in [5.41, 5.74) is 0.453. The van der Waals surface area contributed by atoms with E-state index in [4.69, 9.17) is 9.47 Å². The first-order valence-corrected chi connectivity index (χ1v) is 10.9. The molecule has 1 aromatic carbocycles. The molecular formula is C23H25BrN4O4. The van der Waals surface area contributed by atoms with Crippen LogP contribution in [0.4, 0.5) is 10.6 Å². The van der Waals surface area contributed by atoms with Gasteiger partial charge in [0.05, 0.1) is 11.1 Å². The summed E-state index contributed by atoms with van der Waals surface area (Å²) >= 11 is 3.43. The van der Waals surface area contributed by atoms with Crippen LogP contribution in [0, 0.1) is 0 Å². The van der Waals surface area contributed by atoms with Crippen molar-refractivity contribution in [2.45, 2.75) is 32.8 Å². The van der Waals surface area contributed by atoms with Crippen LogP contribution in [0.15, 0.2) is 53.1 Å². The number of carbonyl (C=O) groups excluding carboxylic acids is 2. The molecule has 2 heterocycles. The first-order valence-electron chi connectivity index (χ1n) is 10.1. The minimum atomic E-state index is -0.536. The molecule has 32 heavy (non-hydrogen) atoms. The molecule has 3 aromatic rings. The molecule has 8 nitrogen and oxygen atoms in total. The maximum atomic E-state index is 12.7. The predicted molar refractivity (Wildman–Crippen MR) is 126 cm³/mol. The first kappa shape index (κ1) is 23.5. The predicted octanol–water partition coefficient (Wildman–Crippen LogP) is 4.94. The number of rotatable bonds is 7. The van der Waals surface area contributed by atoms with Gasteiger partial charge in [-0.25, -0.2) is 14.8 Å². The number of carbonyl (C=O) groups is 2. The molecule has 0 spiro atoms. The minimum absolute atomic E-state index is 0.309. The molecule has 0 aliphatic carbocycles. The van der Waals surface area contributed by atoms with Gasteiger partial charge in [-0.3, -0.25) is 4.79 Å². The number of ether oxygens (including phenoxy) is 2. The van der Waals surface area contributed by atoms with Crippen molar-refractivity contribution in [2.24, 2.45) is 0 Å². The number of benzene rings is 1. The average molecular weight is 501 g/mol. The molecule has 0 unspecified atom stereocenters. The number of anilines is 1. The second kappa shape index (κ2) is 10.4. The van der Waals surface area contributed by atoms with Crippen molar-refractivity contribution in [1.29, 1.82) is 0 Å². The second-order valence-electron chi connectivity index (χ2n) is 7.98. The molecular weight excluding hydrogens is 476 g/mol. The number of halogens is 1. The molecule has 0 saturated heterocycles. The molecule has 0 fully saturated rings. The normalized spacial score (nSPS) is 11.1. The van der Waals surface area contributed by atoms with Crippen molar-refractivity contribution in [3.63, 3.8) is 0 Å². The fraction of sp³-hybridized carbons (Fsp3) is 0.304. The van der Waals surface area contributed by atoms with Crippen LogP contribution < -0.4 is 15.4 Å². The molecule has 0 aliphatic rings. The summed E-state index contributed by atoms with van der Waals surface area (Å²) in [5.74, 6) is 0.639. The summed E-state index contributed by atoms with van der Waals surface area (Å²) in [4.78, 5) is 32.9. The van der Waals surface area contributed by atoms with Gasteiger partial charge in [-0.05, 0) is 85.6 Å². The lowest BCUT2D eigenvalue weighted by Gasteiger charge is -2.19. The van der Waals surface area contributed by atoms with E-state index in [1.165, 1.54) is 0 Å². The number of pyridine rings is 2. The standard InChI is InChI=1S/C23H25BrN4O4/c1-23(2,3)32-22(30)26-12-5-13-31-18-14-16(7-9-17(18)24)21(29)28-19-10-8-15-6-4-11-25-20(15)27-19/h4,6-11,14H,5,12-13H2,1-3H3,(H,26,30)(H,25,27,28,29). The first-order chi connectivity index (χ1) is 15.2. The van der Waals surface area contributed by atoms with E-state index < -0.39 is 11.7 Å². The topological polar surface area (TPSA) is 102 Å². The summed E-state index contributed by atoms with van der Waals surface area (Å²) in [6.07, 6.45) is 1.77. The van der Waals surface area contributed by atoms with Gasteiger partial charge in [-0.15, -0.1) is 0 Å². The summed E-state index contributed by atoms with van der Waals surface area (Å²) in [6, 6.07) is 12.4. The Morgan fingerprint density at radius 1 is 1.12 bits per heavy atom. The number of fused-ring (bicyclic) bond motifs is 1. The SMILES string of the molecule is CC(C)(C)OC(=O)NCCCOc1cc(C(=O)Nc2ccc3cccnc3n2)ccc1Br. The van der Waals surface area contributed by atoms with Gasteiger partial charge in [0.1, 0.15) is 17.2 Å². The molecule has 0 bridgehead atoms. The van der Waals surface area contributed by atoms with Gasteiger partial charge in [-0.2, -0.15) is 0 Å². The van der Waals surface area contributed by atoms with Gasteiger partial charge >= 0.3 is 6.09 Å². The summed E-state index contributed by atoms with van der Waals surface area (Å²) in [6.45, 7) is 6.20. The summed E-state index contributed by atoms with van der Waals surface area (Å²) < 4.78 is 11.7. The molecule has 3 rings (SSSR count). The molecule has 0 radical (unpaired) electrons. The Morgan fingerprint density at radius 2 is 1.94 bits per heavy atom. The number of amides is 2. The lowest BCUT2D eigenvalue weighted by molar-refractivity contribution is 0.0525. The zero-order valence-electron chi connectivity index (χ0n) is 18.1. The maximum absolute atomic E-state index is 12.7. The molecule has 2 amide bonds. The molecule has 2 aromatic heterocycles. The van der Waals surface area contributed by atoms with Gasteiger partial charge < -0.3 is 20.1 Å². The van der Waals surface area contributed by atoms with E-state index in [0.717, 1.165) is 9.86 Å². The fourth-order valence-corrected chi connectivity index (χ4v) is 3.09. The smallest absolute Gasteiger partial charge is 0.407 e. The van der Waals surface area contributed by atoms with Crippen LogP contribution in [-0.2, 0) is 4.74 Å². The van der Waals surface area contributed by atoms with Crippen LogP contribution in [0.5, 0.6) is 5.75 Å². The second-order valence-corrected chi connectivity index (χ2v) is 8.83. The number of hydrogen-bond acceptors (Lipinski definition) is 6. The monoisotopic (exact) mass is 500 g/mol. The molecule has 168 valence electrons. The van der Waals surface area contributed by atoms with Crippen molar-refractivity contribution in [2.75, 3.05) is 18.5 Å². The Bertz CT molecular complexity index is 1110. The Hall–Kier alpha value is -3.20. The largest absolute Gasteiger partial charge is 0.492 e. The Balaban J connectivity index is 1.54. The highest BCUT2D eigenvalue weighted by Crippen LogP contribution is 2.26. The van der Waals surface area contributed by atoms with Gasteiger partial charge in [0.2, 0.25) is 0 Å². The number of aromatic nitrogens is 2. The molecule has 0 atom stereocenters. The van der Waals surface area contributed by atoms with E-state index in [1.54, 1.807) is 30.5 Å². The van der Waals surface area contributed by atoms with Crippen molar-refractivity contribution < 1.29 is 19.1 Å². The van der Waals surface area contributed by atoms with Crippen molar-refractivity contribution in [3.05, 3.63) is 58.7 Å². The number of nitrogens with zero attached hydrogens (tertiary/aromatic N) is 2. The van der Waals surface area contributed by atoms with Gasteiger partial charge in [0.25, 0.3) is 5.91 Å². The average Bonchev–Trinajstić information content (AvgIpc) is 2.73. The van der Waals surface area contributed by atoms with Crippen LogP contribution >= 0.6 is 15.9 Å². The Morgan fingerprint density at radius 3 is 2.72 bits per heavy atom. The van der Waals surface area contributed by atoms with E-state index in [-0.39, 0.29) is 5.91 Å². The molecule has 9 heteroatoms. The van der Waals surface area contributed by atoms with E-state index in [9.17, 15) is 9.59 Å². The highest BCUT2D eigenvalue weighted by Gasteiger charge is 2.15. The van der Waals surface area contributed by atoms with Crippen molar-refractivity contribution in [1.82, 2.24) is 15.3 Å². The highest BCUT2D eigenvalue weighted by molar-refractivity contribution is 9.10. The van der Waals surface area contributed by atoms with Crippen LogP contribution in [0.3, 0.4) is 0 Å². The van der Waals surface area contributed by atoms with Crippen LogP contribution in [0.2, 0.25) is 0 Å². The summed E-state index contributed by atoms with van der Waals surface area (Å²) in [7, 11) is 0. The van der Waals surface area contributed by atoms with E-state index in [0.29, 0.717) is 42.4 Å².